The molecular formula is C8H5BrN2O2S3. The van der Waals surface area contributed by atoms with E-state index in [-0.39, 0.29) is 6.42 Å². The third-order valence-corrected chi connectivity index (χ3v) is 5.13. The lowest BCUT2D eigenvalue weighted by molar-refractivity contribution is -0.136. The van der Waals surface area contributed by atoms with E-state index in [1.165, 1.54) is 34.4 Å². The van der Waals surface area contributed by atoms with Gasteiger partial charge in [0.2, 0.25) is 0 Å². The van der Waals surface area contributed by atoms with E-state index in [0.717, 1.165) is 13.3 Å². The highest BCUT2D eigenvalue weighted by molar-refractivity contribution is 9.10. The molecule has 0 bridgehead atoms. The van der Waals surface area contributed by atoms with Gasteiger partial charge < -0.3 is 5.11 Å². The van der Waals surface area contributed by atoms with Crippen molar-refractivity contribution in [3.63, 3.8) is 0 Å². The molecule has 4 nitrogen and oxygen atoms in total. The van der Waals surface area contributed by atoms with Crippen molar-refractivity contribution in [2.45, 2.75) is 15.1 Å². The van der Waals surface area contributed by atoms with Gasteiger partial charge in [-0.1, -0.05) is 0 Å². The molecule has 0 aliphatic rings. The minimum Gasteiger partial charge on any atom is -0.481 e. The van der Waals surface area contributed by atoms with Crippen LogP contribution in [0.4, 0.5) is 0 Å². The van der Waals surface area contributed by atoms with Crippen LogP contribution in [0, 0.1) is 0 Å². The fourth-order valence-corrected chi connectivity index (χ4v) is 4.33. The van der Waals surface area contributed by atoms with Crippen LogP contribution in [-0.2, 0) is 11.2 Å². The van der Waals surface area contributed by atoms with Crippen molar-refractivity contribution in [2.75, 3.05) is 0 Å². The SMILES string of the molecule is O=C(O)Cc1csc(Sc2nc(Br)cs2)n1. The summed E-state index contributed by atoms with van der Waals surface area (Å²) in [5.41, 5.74) is 0.593. The second-order valence-electron chi connectivity index (χ2n) is 2.71. The van der Waals surface area contributed by atoms with E-state index in [1.807, 2.05) is 5.38 Å². The molecule has 2 rings (SSSR count). The monoisotopic (exact) mass is 336 g/mol. The average Bonchev–Trinajstić information content (AvgIpc) is 2.76. The summed E-state index contributed by atoms with van der Waals surface area (Å²) in [6.07, 6.45) is -0.0291. The van der Waals surface area contributed by atoms with Crippen molar-refractivity contribution in [1.29, 1.82) is 0 Å². The Hall–Kier alpha value is -0.440. The molecule has 0 fully saturated rings. The molecule has 16 heavy (non-hydrogen) atoms. The van der Waals surface area contributed by atoms with E-state index >= 15 is 0 Å². The lowest BCUT2D eigenvalue weighted by Crippen LogP contribution is -1.99. The van der Waals surface area contributed by atoms with E-state index in [9.17, 15) is 4.79 Å². The topological polar surface area (TPSA) is 63.1 Å². The normalized spacial score (nSPS) is 10.6. The molecule has 0 aliphatic heterocycles. The number of aliphatic carboxylic acids is 1. The minimum absolute atomic E-state index is 0.0291. The Labute approximate surface area is 112 Å². The summed E-state index contributed by atoms with van der Waals surface area (Å²) >= 11 is 7.68. The summed E-state index contributed by atoms with van der Waals surface area (Å²) in [5.74, 6) is -0.862. The highest BCUT2D eigenvalue weighted by Gasteiger charge is 2.09. The van der Waals surface area contributed by atoms with Gasteiger partial charge in [0, 0.05) is 10.8 Å². The summed E-state index contributed by atoms with van der Waals surface area (Å²) in [4.78, 5) is 18.9. The van der Waals surface area contributed by atoms with Gasteiger partial charge in [-0.15, -0.1) is 22.7 Å². The van der Waals surface area contributed by atoms with E-state index < -0.39 is 5.97 Å². The van der Waals surface area contributed by atoms with Gasteiger partial charge in [-0.05, 0) is 27.7 Å². The maximum absolute atomic E-state index is 10.5. The van der Waals surface area contributed by atoms with Crippen molar-refractivity contribution in [3.05, 3.63) is 21.1 Å². The second kappa shape index (κ2) is 5.26. The number of hydrogen-bond acceptors (Lipinski definition) is 6. The Bertz CT molecular complexity index is 511. The Morgan fingerprint density at radius 3 is 2.69 bits per heavy atom. The number of hydrogen-bond donors (Lipinski definition) is 1. The molecule has 2 heterocycles. The van der Waals surface area contributed by atoms with Crippen LogP contribution in [0.15, 0.2) is 24.0 Å². The van der Waals surface area contributed by atoms with Crippen molar-refractivity contribution < 1.29 is 9.90 Å². The predicted molar refractivity (Wildman–Crippen MR) is 67.4 cm³/mol. The number of aromatic nitrogens is 2. The Balaban J connectivity index is 2.05. The number of thiazole rings is 2. The van der Waals surface area contributed by atoms with Gasteiger partial charge in [0.05, 0.1) is 12.1 Å². The lowest BCUT2D eigenvalue weighted by Gasteiger charge is -1.89. The van der Waals surface area contributed by atoms with E-state index in [1.54, 1.807) is 5.38 Å². The number of carbonyl (C=O) groups is 1. The summed E-state index contributed by atoms with van der Waals surface area (Å²) in [7, 11) is 0. The van der Waals surface area contributed by atoms with Crippen LogP contribution >= 0.6 is 50.4 Å². The third kappa shape index (κ3) is 3.27. The van der Waals surface area contributed by atoms with E-state index in [2.05, 4.69) is 25.9 Å². The van der Waals surface area contributed by atoms with Crippen LogP contribution in [0.1, 0.15) is 5.69 Å². The van der Waals surface area contributed by atoms with Gasteiger partial charge in [-0.2, -0.15) is 0 Å². The molecule has 1 N–H and O–H groups in total. The van der Waals surface area contributed by atoms with Gasteiger partial charge >= 0.3 is 5.97 Å². The molecular weight excluding hydrogens is 332 g/mol. The number of halogens is 1. The molecule has 0 saturated heterocycles. The maximum atomic E-state index is 10.5. The molecule has 2 aromatic heterocycles. The molecule has 2 aromatic rings. The fraction of sp³-hybridized carbons (Fsp3) is 0.125. The number of carboxylic acids is 1. The number of nitrogens with zero attached hydrogens (tertiary/aromatic N) is 2. The summed E-state index contributed by atoms with van der Waals surface area (Å²) in [6, 6.07) is 0. The van der Waals surface area contributed by atoms with Gasteiger partial charge in [0.25, 0.3) is 0 Å². The van der Waals surface area contributed by atoms with Gasteiger partial charge in [-0.25, -0.2) is 9.97 Å². The summed E-state index contributed by atoms with van der Waals surface area (Å²) in [5, 5.41) is 12.3. The van der Waals surface area contributed by atoms with Crippen LogP contribution in [0.3, 0.4) is 0 Å². The molecule has 0 spiro atoms. The predicted octanol–water partition coefficient (Wildman–Crippen LogP) is 3.14. The molecule has 0 aliphatic carbocycles. The molecule has 0 amide bonds. The summed E-state index contributed by atoms with van der Waals surface area (Å²) in [6.45, 7) is 0. The summed E-state index contributed by atoms with van der Waals surface area (Å²) < 4.78 is 2.52. The standard InChI is InChI=1S/C8H5BrN2O2S3/c9-5-3-15-8(11-5)16-7-10-4(2-14-7)1-6(12)13/h2-3H,1H2,(H,12,13). The van der Waals surface area contributed by atoms with Crippen LogP contribution < -0.4 is 0 Å². The Morgan fingerprint density at radius 1 is 1.38 bits per heavy atom. The van der Waals surface area contributed by atoms with Gasteiger partial charge in [-0.3, -0.25) is 4.79 Å². The Morgan fingerprint density at radius 2 is 2.06 bits per heavy atom. The highest BCUT2D eigenvalue weighted by atomic mass is 79.9. The molecule has 0 unspecified atom stereocenters. The average molecular weight is 337 g/mol. The quantitative estimate of drug-likeness (QED) is 0.929. The third-order valence-electron chi connectivity index (χ3n) is 1.49. The van der Waals surface area contributed by atoms with Crippen LogP contribution in [0.5, 0.6) is 0 Å². The smallest absolute Gasteiger partial charge is 0.309 e. The first kappa shape index (κ1) is 12.0. The molecule has 0 radical (unpaired) electrons. The van der Waals surface area contributed by atoms with Crippen LogP contribution in [-0.4, -0.2) is 21.0 Å². The minimum atomic E-state index is -0.862. The number of carboxylic acid groups (broad SMARTS) is 1. The van der Waals surface area contributed by atoms with Crippen molar-refractivity contribution in [1.82, 2.24) is 9.97 Å². The molecule has 0 atom stereocenters. The zero-order chi connectivity index (χ0) is 11.5. The lowest BCUT2D eigenvalue weighted by atomic mass is 10.3. The van der Waals surface area contributed by atoms with E-state index in [4.69, 9.17) is 5.11 Å². The van der Waals surface area contributed by atoms with Gasteiger partial charge in [0.1, 0.15) is 4.60 Å². The van der Waals surface area contributed by atoms with E-state index in [0.29, 0.717) is 5.69 Å². The van der Waals surface area contributed by atoms with Crippen LogP contribution in [0.25, 0.3) is 0 Å². The Kier molecular flexibility index (Phi) is 3.95. The molecule has 0 saturated carbocycles. The first-order valence-electron chi connectivity index (χ1n) is 4.08. The van der Waals surface area contributed by atoms with Crippen molar-refractivity contribution in [3.8, 4) is 0 Å². The maximum Gasteiger partial charge on any atom is 0.309 e. The van der Waals surface area contributed by atoms with Crippen molar-refractivity contribution >= 4 is 56.3 Å². The molecule has 0 aromatic carbocycles. The molecule has 8 heteroatoms. The largest absolute Gasteiger partial charge is 0.481 e. The van der Waals surface area contributed by atoms with Crippen LogP contribution in [0.2, 0.25) is 0 Å². The molecule has 84 valence electrons. The zero-order valence-electron chi connectivity index (χ0n) is 7.71. The second-order valence-corrected chi connectivity index (χ2v) is 6.74. The fourth-order valence-electron chi connectivity index (χ4n) is 0.932. The first-order valence-corrected chi connectivity index (χ1v) is 7.45. The highest BCUT2D eigenvalue weighted by Crippen LogP contribution is 2.33. The number of rotatable bonds is 4. The van der Waals surface area contributed by atoms with Gasteiger partial charge in [0.15, 0.2) is 8.68 Å². The van der Waals surface area contributed by atoms with Crippen molar-refractivity contribution in [2.24, 2.45) is 0 Å². The zero-order valence-corrected chi connectivity index (χ0v) is 11.7. The first-order chi connectivity index (χ1) is 7.63.